The molecular formula is C31H30N4O5. The lowest BCUT2D eigenvalue weighted by atomic mass is 9.82. The molecule has 0 fully saturated rings. The van der Waals surface area contributed by atoms with Gasteiger partial charge in [0.2, 0.25) is 11.8 Å². The van der Waals surface area contributed by atoms with Gasteiger partial charge in [0.05, 0.1) is 29.5 Å². The molecule has 0 saturated heterocycles. The Labute approximate surface area is 230 Å². The minimum absolute atomic E-state index is 0.0479. The van der Waals surface area contributed by atoms with Crippen molar-refractivity contribution in [3.63, 3.8) is 0 Å². The molecule has 9 nitrogen and oxygen atoms in total. The quantitative estimate of drug-likeness (QED) is 0.285. The van der Waals surface area contributed by atoms with Crippen molar-refractivity contribution < 1.29 is 23.8 Å². The number of benzene rings is 2. The zero-order valence-electron chi connectivity index (χ0n) is 22.7. The highest BCUT2D eigenvalue weighted by Gasteiger charge is 2.35. The first-order valence-electron chi connectivity index (χ1n) is 12.9. The number of hydrogen-bond donors (Lipinski definition) is 4. The number of para-hydroxylation sites is 1. The average molecular weight is 539 g/mol. The number of amides is 2. The number of aryl methyl sites for hydroxylation is 1. The lowest BCUT2D eigenvalue weighted by Gasteiger charge is -2.25. The molecule has 1 atom stereocenters. The second-order valence-electron chi connectivity index (χ2n) is 9.54. The summed E-state index contributed by atoms with van der Waals surface area (Å²) in [6.07, 6.45) is 1.66. The lowest BCUT2D eigenvalue weighted by molar-refractivity contribution is -0.117. The van der Waals surface area contributed by atoms with Crippen LogP contribution in [-0.4, -0.2) is 35.6 Å². The number of aromatic hydroxyl groups is 1. The van der Waals surface area contributed by atoms with E-state index in [1.807, 2.05) is 50.2 Å². The van der Waals surface area contributed by atoms with Gasteiger partial charge in [-0.1, -0.05) is 30.3 Å². The van der Waals surface area contributed by atoms with E-state index in [4.69, 9.17) is 14.9 Å². The van der Waals surface area contributed by atoms with Gasteiger partial charge in [-0.05, 0) is 50.6 Å². The fraction of sp³-hybridized carbons (Fsp3) is 0.194. The van der Waals surface area contributed by atoms with Crippen molar-refractivity contribution >= 4 is 17.9 Å². The van der Waals surface area contributed by atoms with E-state index >= 15 is 0 Å². The molecule has 1 aliphatic rings. The molecule has 9 heteroatoms. The number of allylic oxidation sites excluding steroid dienone is 1. The van der Waals surface area contributed by atoms with Gasteiger partial charge in [-0.2, -0.15) is 0 Å². The van der Waals surface area contributed by atoms with E-state index in [0.29, 0.717) is 62.6 Å². The molecule has 2 aromatic heterocycles. The Kier molecular flexibility index (Phi) is 7.04. The Hall–Kier alpha value is -5.05. The molecule has 3 heterocycles. The summed E-state index contributed by atoms with van der Waals surface area (Å²) >= 11 is 0. The van der Waals surface area contributed by atoms with Gasteiger partial charge in [0.15, 0.2) is 0 Å². The van der Waals surface area contributed by atoms with Gasteiger partial charge >= 0.3 is 0 Å². The van der Waals surface area contributed by atoms with Gasteiger partial charge in [0.25, 0.3) is 0 Å². The van der Waals surface area contributed by atoms with Crippen LogP contribution in [0, 0.1) is 6.92 Å². The maximum Gasteiger partial charge on any atom is 0.250 e. The van der Waals surface area contributed by atoms with E-state index in [2.05, 4.69) is 15.3 Å². The van der Waals surface area contributed by atoms with Gasteiger partial charge in [-0.3, -0.25) is 9.59 Å². The van der Waals surface area contributed by atoms with Crippen LogP contribution < -0.4 is 26.6 Å². The Bertz CT molecular complexity index is 1790. The van der Waals surface area contributed by atoms with Crippen LogP contribution in [-0.2, 0) is 4.79 Å². The number of rotatable bonds is 7. The number of ether oxygens (including phenoxy) is 1. The number of primary amides is 1. The molecule has 0 saturated carbocycles. The topological polar surface area (TPSA) is 143 Å². The molecule has 1 aliphatic heterocycles. The first kappa shape index (κ1) is 26.6. The van der Waals surface area contributed by atoms with Crippen molar-refractivity contribution in [3.05, 3.63) is 105 Å². The van der Waals surface area contributed by atoms with Gasteiger partial charge in [0.1, 0.15) is 28.5 Å². The number of furan rings is 1. The number of hydrogen-bond acceptors (Lipinski definition) is 6. The molecule has 1 unspecified atom stereocenters. The number of nitrogens with two attached hydrogens (primary N) is 1. The number of fused-ring (bicyclic) bond motifs is 1. The van der Waals surface area contributed by atoms with Crippen LogP contribution in [0.4, 0.5) is 0 Å². The Morgan fingerprint density at radius 3 is 2.67 bits per heavy atom. The van der Waals surface area contributed by atoms with E-state index in [-0.39, 0.29) is 11.7 Å². The molecule has 0 bridgehead atoms. The lowest BCUT2D eigenvalue weighted by Crippen LogP contribution is -2.32. The van der Waals surface area contributed by atoms with Crippen molar-refractivity contribution in [1.82, 2.24) is 10.3 Å². The highest BCUT2D eigenvalue weighted by molar-refractivity contribution is 5.97. The molecule has 2 amide bonds. The van der Waals surface area contributed by atoms with Gasteiger partial charge < -0.3 is 30.3 Å². The summed E-state index contributed by atoms with van der Waals surface area (Å²) < 4.78 is 11.7. The fourth-order valence-corrected chi connectivity index (χ4v) is 5.09. The van der Waals surface area contributed by atoms with Crippen LogP contribution in [0.15, 0.2) is 75.3 Å². The SMILES string of the molecule is CCNC(=O)C1=C(C)N=c2[nH]c(=Cc3ccc(-c4ccc(C)c(C(N)=O)c4)o3)c(O)c2C1c1ccccc1OC. The van der Waals surface area contributed by atoms with E-state index in [1.54, 1.807) is 38.3 Å². The normalized spacial score (nSPS) is 15.0. The van der Waals surface area contributed by atoms with Gasteiger partial charge in [-0.15, -0.1) is 0 Å². The van der Waals surface area contributed by atoms with Crippen molar-refractivity contribution in [2.45, 2.75) is 26.7 Å². The van der Waals surface area contributed by atoms with Crippen molar-refractivity contribution in [3.8, 4) is 22.8 Å². The Morgan fingerprint density at radius 1 is 1.18 bits per heavy atom. The van der Waals surface area contributed by atoms with Crippen LogP contribution in [0.5, 0.6) is 11.5 Å². The summed E-state index contributed by atoms with van der Waals surface area (Å²) in [5.74, 6) is 0.146. The van der Waals surface area contributed by atoms with Crippen LogP contribution in [0.1, 0.15) is 52.6 Å². The first-order valence-corrected chi connectivity index (χ1v) is 12.9. The second kappa shape index (κ2) is 10.6. The molecule has 0 aliphatic carbocycles. The maximum atomic E-state index is 13.2. The number of nitrogens with zero attached hydrogens (tertiary/aromatic N) is 1. The van der Waals surface area contributed by atoms with Crippen LogP contribution in [0.25, 0.3) is 17.4 Å². The van der Waals surface area contributed by atoms with Crippen molar-refractivity contribution in [1.29, 1.82) is 0 Å². The number of carbonyl (C=O) groups excluding carboxylic acids is 2. The van der Waals surface area contributed by atoms with Gasteiger partial charge in [0, 0.05) is 35.0 Å². The first-order chi connectivity index (χ1) is 19.2. The number of likely N-dealkylation sites (N-methyl/N-ethyl adjacent to an activating group) is 1. The summed E-state index contributed by atoms with van der Waals surface area (Å²) in [5, 5.41) is 14.7. The predicted molar refractivity (Wildman–Crippen MR) is 150 cm³/mol. The third-order valence-electron chi connectivity index (χ3n) is 7.00. The standard InChI is InChI=1S/C31H30N4O5/c1-5-33-31(38)25-17(3)34-30-27(26(25)20-8-6-7-9-24(20)39-4)28(36)22(35-30)15-19-12-13-23(40-19)18-11-10-16(2)21(14-18)29(32)37/h6-15,26,36H,5H2,1-4H3,(H2,32,37)(H,33,38)(H,34,35). The highest BCUT2D eigenvalue weighted by atomic mass is 16.5. The van der Waals surface area contributed by atoms with Crippen LogP contribution >= 0.6 is 0 Å². The molecule has 0 spiro atoms. The number of aromatic amines is 1. The minimum Gasteiger partial charge on any atom is -0.505 e. The minimum atomic E-state index is -0.624. The smallest absolute Gasteiger partial charge is 0.250 e. The number of aromatic nitrogens is 1. The zero-order valence-corrected chi connectivity index (χ0v) is 22.7. The molecular weight excluding hydrogens is 508 g/mol. The number of nitrogens with one attached hydrogen (secondary N) is 2. The van der Waals surface area contributed by atoms with Crippen LogP contribution in [0.3, 0.4) is 0 Å². The molecule has 0 radical (unpaired) electrons. The molecule has 2 aromatic carbocycles. The Morgan fingerprint density at radius 2 is 1.95 bits per heavy atom. The molecule has 5 rings (SSSR count). The molecule has 4 aromatic rings. The highest BCUT2D eigenvalue weighted by Crippen LogP contribution is 2.41. The predicted octanol–water partition coefficient (Wildman–Crippen LogP) is 3.40. The summed E-state index contributed by atoms with van der Waals surface area (Å²) in [6.45, 7) is 5.89. The second-order valence-corrected chi connectivity index (χ2v) is 9.54. The number of H-pyrrole nitrogens is 1. The van der Waals surface area contributed by atoms with Gasteiger partial charge in [-0.25, -0.2) is 4.99 Å². The van der Waals surface area contributed by atoms with E-state index in [0.717, 1.165) is 11.1 Å². The number of methoxy groups -OCH3 is 1. The van der Waals surface area contributed by atoms with E-state index in [1.165, 1.54) is 0 Å². The molecule has 5 N–H and O–H groups in total. The molecule has 204 valence electrons. The Balaban J connectivity index is 1.63. The fourth-order valence-electron chi connectivity index (χ4n) is 5.09. The summed E-state index contributed by atoms with van der Waals surface area (Å²) in [6, 6.07) is 16.3. The van der Waals surface area contributed by atoms with Crippen molar-refractivity contribution in [2.24, 2.45) is 10.7 Å². The largest absolute Gasteiger partial charge is 0.505 e. The summed E-state index contributed by atoms with van der Waals surface area (Å²) in [7, 11) is 1.57. The maximum absolute atomic E-state index is 13.2. The third-order valence-corrected chi connectivity index (χ3v) is 7.00. The third kappa shape index (κ3) is 4.66. The van der Waals surface area contributed by atoms with E-state index < -0.39 is 11.8 Å². The van der Waals surface area contributed by atoms with Crippen molar-refractivity contribution in [2.75, 3.05) is 13.7 Å². The molecule has 40 heavy (non-hydrogen) atoms. The number of carbonyl (C=O) groups is 2. The van der Waals surface area contributed by atoms with Crippen LogP contribution in [0.2, 0.25) is 0 Å². The van der Waals surface area contributed by atoms with E-state index in [9.17, 15) is 14.7 Å². The zero-order chi connectivity index (χ0) is 28.6. The average Bonchev–Trinajstić information content (AvgIpc) is 3.52. The monoisotopic (exact) mass is 538 g/mol. The summed E-state index contributed by atoms with van der Waals surface area (Å²) in [5.41, 5.74) is 10.0. The summed E-state index contributed by atoms with van der Waals surface area (Å²) in [4.78, 5) is 32.8.